The maximum atomic E-state index is 11.3. The van der Waals surface area contributed by atoms with Crippen LogP contribution < -0.4 is 0 Å². The van der Waals surface area contributed by atoms with E-state index in [2.05, 4.69) is 9.47 Å². The van der Waals surface area contributed by atoms with Crippen molar-refractivity contribution in [2.75, 3.05) is 13.2 Å². The average molecular weight is 212 g/mol. The third-order valence-corrected chi connectivity index (χ3v) is 1.51. The van der Waals surface area contributed by atoms with Gasteiger partial charge in [0.15, 0.2) is 0 Å². The number of carbonyl (C=O) groups excluding carboxylic acids is 1. The van der Waals surface area contributed by atoms with Crippen LogP contribution in [0.2, 0.25) is 0 Å². The second-order valence-corrected chi connectivity index (χ2v) is 2.98. The van der Waals surface area contributed by atoms with Crippen molar-refractivity contribution in [2.45, 2.75) is 20.0 Å². The highest BCUT2D eigenvalue weighted by molar-refractivity contribution is 5.75. The van der Waals surface area contributed by atoms with Crippen molar-refractivity contribution in [1.29, 1.82) is 10.5 Å². The lowest BCUT2D eigenvalue weighted by molar-refractivity contribution is -0.156. The molecule has 6 heteroatoms. The lowest BCUT2D eigenvalue weighted by atomic mass is 10.1. The second-order valence-electron chi connectivity index (χ2n) is 2.98. The summed E-state index contributed by atoms with van der Waals surface area (Å²) in [5, 5.41) is 16.3. The predicted octanol–water partition coefficient (Wildman–Crippen LogP) is 0.550. The highest BCUT2D eigenvalue weighted by atomic mass is 16.6. The molecule has 0 saturated heterocycles. The van der Waals surface area contributed by atoms with Gasteiger partial charge in [0.2, 0.25) is 6.10 Å². The van der Waals surface area contributed by atoms with Crippen molar-refractivity contribution >= 4 is 5.97 Å². The molecular formula is C9H12N2O4. The van der Waals surface area contributed by atoms with Gasteiger partial charge in [0.25, 0.3) is 12.5 Å². The molecule has 0 aliphatic rings. The van der Waals surface area contributed by atoms with Gasteiger partial charge >= 0.3 is 5.97 Å². The molecule has 0 aromatic heterocycles. The molecule has 0 aliphatic heterocycles. The Morgan fingerprint density at radius 3 is 2.40 bits per heavy atom. The molecule has 0 spiro atoms. The number of carbonyl (C=O) groups is 1. The first-order chi connectivity index (χ1) is 7.13. The predicted molar refractivity (Wildman–Crippen MR) is 47.8 cm³/mol. The van der Waals surface area contributed by atoms with Gasteiger partial charge in [-0.25, -0.2) is 4.79 Å². The first-order valence-corrected chi connectivity index (χ1v) is 4.35. The van der Waals surface area contributed by atoms with E-state index in [9.17, 15) is 4.79 Å². The summed E-state index contributed by atoms with van der Waals surface area (Å²) >= 11 is 0. The molecule has 0 rings (SSSR count). The largest absolute Gasteiger partial charge is 0.459 e. The van der Waals surface area contributed by atoms with E-state index in [1.165, 1.54) is 12.5 Å². The standard InChI is InChI=1S/C9H12N2O4/c1-7(2)8(15-6-11)9(12)14-4-3-13-5-10/h7-8H,3-4H2,1-2H3. The van der Waals surface area contributed by atoms with Crippen LogP contribution >= 0.6 is 0 Å². The summed E-state index contributed by atoms with van der Waals surface area (Å²) in [6, 6.07) is 0. The molecule has 0 saturated carbocycles. The third-order valence-electron chi connectivity index (χ3n) is 1.51. The monoisotopic (exact) mass is 212 g/mol. The van der Waals surface area contributed by atoms with Gasteiger partial charge in [0.05, 0.1) is 0 Å². The topological polar surface area (TPSA) is 92.3 Å². The molecule has 0 bridgehead atoms. The first-order valence-electron chi connectivity index (χ1n) is 4.35. The van der Waals surface area contributed by atoms with Gasteiger partial charge in [-0.3, -0.25) is 0 Å². The molecule has 0 aromatic rings. The van der Waals surface area contributed by atoms with Crippen LogP contribution in [0.5, 0.6) is 0 Å². The molecule has 0 fully saturated rings. The number of hydrogen-bond donors (Lipinski definition) is 0. The minimum Gasteiger partial charge on any atom is -0.459 e. The molecule has 0 heterocycles. The van der Waals surface area contributed by atoms with Gasteiger partial charge in [0, 0.05) is 5.92 Å². The van der Waals surface area contributed by atoms with Crippen LogP contribution in [0.15, 0.2) is 0 Å². The fourth-order valence-electron chi connectivity index (χ4n) is 0.825. The summed E-state index contributed by atoms with van der Waals surface area (Å²) < 4.78 is 13.6. The van der Waals surface area contributed by atoms with Gasteiger partial charge in [-0.05, 0) is 0 Å². The van der Waals surface area contributed by atoms with Crippen LogP contribution in [-0.2, 0) is 19.0 Å². The van der Waals surface area contributed by atoms with Crippen LogP contribution in [-0.4, -0.2) is 25.3 Å². The summed E-state index contributed by atoms with van der Waals surface area (Å²) in [5.41, 5.74) is 0. The molecular weight excluding hydrogens is 200 g/mol. The van der Waals surface area contributed by atoms with E-state index in [4.69, 9.17) is 15.3 Å². The Hall–Kier alpha value is -1.95. The van der Waals surface area contributed by atoms with E-state index in [0.717, 1.165) is 0 Å². The second kappa shape index (κ2) is 7.45. The zero-order chi connectivity index (χ0) is 11.7. The van der Waals surface area contributed by atoms with Crippen LogP contribution in [0.25, 0.3) is 0 Å². The molecule has 0 N–H and O–H groups in total. The average Bonchev–Trinajstić information content (AvgIpc) is 2.20. The molecule has 6 nitrogen and oxygen atoms in total. The summed E-state index contributed by atoms with van der Waals surface area (Å²) in [6.07, 6.45) is 1.99. The van der Waals surface area contributed by atoms with E-state index in [0.29, 0.717) is 0 Å². The Labute approximate surface area is 87.9 Å². The Morgan fingerprint density at radius 1 is 1.27 bits per heavy atom. The molecule has 0 aliphatic carbocycles. The maximum Gasteiger partial charge on any atom is 0.348 e. The molecule has 0 aromatic carbocycles. The summed E-state index contributed by atoms with van der Waals surface area (Å²) in [7, 11) is 0. The Morgan fingerprint density at radius 2 is 1.93 bits per heavy atom. The van der Waals surface area contributed by atoms with E-state index < -0.39 is 12.1 Å². The van der Waals surface area contributed by atoms with Crippen LogP contribution in [0, 0.1) is 29.0 Å². The highest BCUT2D eigenvalue weighted by Gasteiger charge is 2.25. The first kappa shape index (κ1) is 13.1. The van der Waals surface area contributed by atoms with Crippen molar-refractivity contribution in [3.05, 3.63) is 0 Å². The van der Waals surface area contributed by atoms with Crippen molar-refractivity contribution in [3.8, 4) is 12.5 Å². The van der Waals surface area contributed by atoms with Gasteiger partial charge in [-0.15, -0.1) is 0 Å². The third kappa shape index (κ3) is 5.37. The number of rotatable bonds is 6. The minimum absolute atomic E-state index is 0.000388. The van der Waals surface area contributed by atoms with E-state index in [1.54, 1.807) is 13.8 Å². The van der Waals surface area contributed by atoms with Crippen LogP contribution in [0.1, 0.15) is 13.8 Å². The fourth-order valence-corrected chi connectivity index (χ4v) is 0.825. The Bertz CT molecular complexity index is 277. The number of nitriles is 2. The normalized spacial score (nSPS) is 11.0. The molecule has 1 unspecified atom stereocenters. The minimum atomic E-state index is -0.905. The number of hydrogen-bond acceptors (Lipinski definition) is 6. The van der Waals surface area contributed by atoms with Gasteiger partial charge in [-0.1, -0.05) is 13.8 Å². The summed E-state index contributed by atoms with van der Waals surface area (Å²) in [6.45, 7) is 3.42. The molecule has 82 valence electrons. The zero-order valence-corrected chi connectivity index (χ0v) is 8.60. The summed E-state index contributed by atoms with van der Waals surface area (Å²) in [4.78, 5) is 11.3. The van der Waals surface area contributed by atoms with E-state index >= 15 is 0 Å². The van der Waals surface area contributed by atoms with E-state index in [-0.39, 0.29) is 19.1 Å². The lowest BCUT2D eigenvalue weighted by Gasteiger charge is -2.15. The summed E-state index contributed by atoms with van der Waals surface area (Å²) in [5.74, 6) is -0.790. The van der Waals surface area contributed by atoms with Crippen molar-refractivity contribution < 1.29 is 19.0 Å². The van der Waals surface area contributed by atoms with Crippen molar-refractivity contribution in [3.63, 3.8) is 0 Å². The van der Waals surface area contributed by atoms with Gasteiger partial charge in [0.1, 0.15) is 13.2 Å². The quantitative estimate of drug-likeness (QED) is 0.362. The number of ether oxygens (including phenoxy) is 3. The lowest BCUT2D eigenvalue weighted by Crippen LogP contribution is -2.31. The van der Waals surface area contributed by atoms with Gasteiger partial charge in [-0.2, -0.15) is 10.5 Å². The molecule has 15 heavy (non-hydrogen) atoms. The smallest absolute Gasteiger partial charge is 0.348 e. The Balaban J connectivity index is 3.95. The molecule has 0 amide bonds. The van der Waals surface area contributed by atoms with Crippen molar-refractivity contribution in [1.82, 2.24) is 0 Å². The molecule has 1 atom stereocenters. The number of nitrogens with zero attached hydrogens (tertiary/aromatic N) is 2. The van der Waals surface area contributed by atoms with Gasteiger partial charge < -0.3 is 14.2 Å². The van der Waals surface area contributed by atoms with E-state index in [1.807, 2.05) is 0 Å². The van der Waals surface area contributed by atoms with Crippen LogP contribution in [0.3, 0.4) is 0 Å². The zero-order valence-electron chi connectivity index (χ0n) is 8.60. The highest BCUT2D eigenvalue weighted by Crippen LogP contribution is 2.07. The molecule has 0 radical (unpaired) electrons. The van der Waals surface area contributed by atoms with Crippen molar-refractivity contribution in [2.24, 2.45) is 5.92 Å². The number of esters is 1. The van der Waals surface area contributed by atoms with Crippen LogP contribution in [0.4, 0.5) is 0 Å². The Kier molecular flexibility index (Phi) is 6.48. The SMILES string of the molecule is CC(C)C(OC#N)C(=O)OCCOC#N. The maximum absolute atomic E-state index is 11.3. The fraction of sp³-hybridized carbons (Fsp3) is 0.667.